The Morgan fingerprint density at radius 3 is 2.64 bits per heavy atom. The number of carbonyl (C=O) groups excluding carboxylic acids is 3. The lowest BCUT2D eigenvalue weighted by Gasteiger charge is -2.25. The summed E-state index contributed by atoms with van der Waals surface area (Å²) >= 11 is 0. The number of alkyl halides is 4. The Bertz CT molecular complexity index is 749. The van der Waals surface area contributed by atoms with Gasteiger partial charge in [-0.25, -0.2) is 0 Å². The molecule has 0 spiro atoms. The molecule has 1 saturated heterocycles. The minimum Gasteiger partial charge on any atom is -0.428 e. The zero-order valence-corrected chi connectivity index (χ0v) is 12.8. The van der Waals surface area contributed by atoms with E-state index in [1.807, 2.05) is 0 Å². The number of halogens is 4. The minimum absolute atomic E-state index is 0.122. The number of hydrogen-bond acceptors (Lipinski definition) is 4. The number of nitrogens with zero attached hydrogens (tertiary/aromatic N) is 1. The van der Waals surface area contributed by atoms with E-state index >= 15 is 0 Å². The van der Waals surface area contributed by atoms with Gasteiger partial charge in [-0.1, -0.05) is 12.1 Å². The molecule has 0 aliphatic carbocycles. The van der Waals surface area contributed by atoms with Crippen molar-refractivity contribution in [3.05, 3.63) is 35.5 Å². The fourth-order valence-electron chi connectivity index (χ4n) is 1.99. The molecule has 0 saturated carbocycles. The summed E-state index contributed by atoms with van der Waals surface area (Å²) in [5, 5.41) is 2.26. The van der Waals surface area contributed by atoms with Crippen molar-refractivity contribution in [2.75, 3.05) is 6.54 Å². The fraction of sp³-hybridized carbons (Fsp3) is 0.267. The van der Waals surface area contributed by atoms with Crippen LogP contribution in [0.2, 0.25) is 0 Å². The quantitative estimate of drug-likeness (QED) is 0.656. The summed E-state index contributed by atoms with van der Waals surface area (Å²) in [6.07, 6.45) is -7.58. The highest BCUT2D eigenvalue weighted by molar-refractivity contribution is 6.12. The highest BCUT2D eigenvalue weighted by Crippen LogP contribution is 2.28. The van der Waals surface area contributed by atoms with E-state index in [-0.39, 0.29) is 11.3 Å². The molecule has 1 aliphatic heterocycles. The van der Waals surface area contributed by atoms with Gasteiger partial charge in [0, 0.05) is 6.92 Å². The van der Waals surface area contributed by atoms with Crippen molar-refractivity contribution >= 4 is 23.8 Å². The van der Waals surface area contributed by atoms with E-state index in [1.165, 1.54) is 12.1 Å². The molecule has 3 amide bonds. The lowest BCUT2D eigenvalue weighted by molar-refractivity contribution is -0.253. The van der Waals surface area contributed by atoms with Crippen molar-refractivity contribution in [1.82, 2.24) is 10.2 Å². The Balaban J connectivity index is 2.28. The van der Waals surface area contributed by atoms with Crippen LogP contribution in [-0.4, -0.2) is 41.7 Å². The second-order valence-electron chi connectivity index (χ2n) is 5.05. The Morgan fingerprint density at radius 1 is 1.36 bits per heavy atom. The van der Waals surface area contributed by atoms with Crippen LogP contribution < -0.4 is 10.1 Å². The molecule has 134 valence electrons. The molecule has 0 bridgehead atoms. The second kappa shape index (κ2) is 6.91. The lowest BCUT2D eigenvalue weighted by Crippen LogP contribution is -2.51. The summed E-state index contributed by atoms with van der Waals surface area (Å²) in [6, 6.07) is 4.62. The van der Waals surface area contributed by atoms with Gasteiger partial charge in [0.1, 0.15) is 18.0 Å². The number of ether oxygens (including phenoxy) is 1. The van der Waals surface area contributed by atoms with Crippen LogP contribution in [0.4, 0.5) is 17.6 Å². The molecule has 25 heavy (non-hydrogen) atoms. The molecular weight excluding hydrogens is 348 g/mol. The molecule has 1 aromatic rings. The van der Waals surface area contributed by atoms with Gasteiger partial charge in [-0.05, 0) is 23.8 Å². The van der Waals surface area contributed by atoms with E-state index in [4.69, 9.17) is 0 Å². The molecule has 1 N–H and O–H groups in total. The molecule has 6 nitrogen and oxygen atoms in total. The van der Waals surface area contributed by atoms with Crippen LogP contribution in [0.15, 0.2) is 30.0 Å². The van der Waals surface area contributed by atoms with E-state index < -0.39 is 42.5 Å². The number of carbonyl (C=O) groups is 3. The van der Waals surface area contributed by atoms with Gasteiger partial charge >= 0.3 is 12.5 Å². The number of hydrogen-bond donors (Lipinski definition) is 1. The maximum atomic E-state index is 12.9. The smallest absolute Gasteiger partial charge is 0.428 e. The number of piperazine rings is 1. The number of imide groups is 1. The average molecular weight is 360 g/mol. The molecular formula is C15H12F4N2O4. The molecule has 0 unspecified atom stereocenters. The van der Waals surface area contributed by atoms with Crippen molar-refractivity contribution in [3.8, 4) is 5.75 Å². The first-order valence-corrected chi connectivity index (χ1v) is 6.89. The minimum atomic E-state index is -4.67. The Hall–Kier alpha value is -2.91. The fourth-order valence-corrected chi connectivity index (χ4v) is 1.99. The predicted molar refractivity (Wildman–Crippen MR) is 76.5 cm³/mol. The molecule has 1 aromatic carbocycles. The molecule has 0 radical (unpaired) electrons. The van der Waals surface area contributed by atoms with Gasteiger partial charge in [0.05, 0.1) is 0 Å². The third-order valence-corrected chi connectivity index (χ3v) is 3.11. The number of amides is 3. The van der Waals surface area contributed by atoms with Gasteiger partial charge in [-0.2, -0.15) is 17.6 Å². The van der Waals surface area contributed by atoms with E-state index in [2.05, 4.69) is 10.1 Å². The van der Waals surface area contributed by atoms with Crippen molar-refractivity contribution in [2.24, 2.45) is 0 Å². The first-order chi connectivity index (χ1) is 11.6. The largest absolute Gasteiger partial charge is 0.461 e. The summed E-state index contributed by atoms with van der Waals surface area (Å²) in [5.41, 5.74) is -0.138. The second-order valence-corrected chi connectivity index (χ2v) is 5.05. The van der Waals surface area contributed by atoms with Crippen molar-refractivity contribution in [1.29, 1.82) is 0 Å². The first kappa shape index (κ1) is 18.4. The van der Waals surface area contributed by atoms with Crippen LogP contribution in [0, 0.1) is 0 Å². The molecule has 1 heterocycles. The third-order valence-electron chi connectivity index (χ3n) is 3.11. The van der Waals surface area contributed by atoms with Gasteiger partial charge in [0.15, 0.2) is 0 Å². The van der Waals surface area contributed by atoms with Gasteiger partial charge in [0.2, 0.25) is 11.8 Å². The van der Waals surface area contributed by atoms with Gasteiger partial charge < -0.3 is 10.1 Å². The van der Waals surface area contributed by atoms with Crippen LogP contribution in [0.25, 0.3) is 6.08 Å². The van der Waals surface area contributed by atoms with Crippen LogP contribution in [0.1, 0.15) is 12.5 Å². The van der Waals surface area contributed by atoms with Crippen LogP contribution in [0.3, 0.4) is 0 Å². The van der Waals surface area contributed by atoms with Gasteiger partial charge in [-0.15, -0.1) is 0 Å². The Labute approximate surface area is 139 Å². The van der Waals surface area contributed by atoms with E-state index in [0.717, 1.165) is 25.1 Å². The molecule has 0 atom stereocenters. The van der Waals surface area contributed by atoms with E-state index in [1.54, 1.807) is 0 Å². The SMILES string of the molecule is CC(=O)N1CC(=O)NC(=Cc2cccc(OC(F)(F)C(F)F)c2)C1=O. The van der Waals surface area contributed by atoms with Crippen molar-refractivity contribution < 1.29 is 36.7 Å². The summed E-state index contributed by atoms with van der Waals surface area (Å²) in [7, 11) is 0. The average Bonchev–Trinajstić information content (AvgIpc) is 2.50. The normalized spacial score (nSPS) is 17.0. The molecule has 10 heteroatoms. The van der Waals surface area contributed by atoms with Crippen molar-refractivity contribution in [2.45, 2.75) is 19.5 Å². The summed E-state index contributed by atoms with van der Waals surface area (Å²) in [4.78, 5) is 35.7. The highest BCUT2D eigenvalue weighted by atomic mass is 19.3. The van der Waals surface area contributed by atoms with E-state index in [9.17, 15) is 31.9 Å². The van der Waals surface area contributed by atoms with Gasteiger partial charge in [0.25, 0.3) is 5.91 Å². The zero-order chi connectivity index (χ0) is 18.8. The van der Waals surface area contributed by atoms with Crippen LogP contribution in [-0.2, 0) is 14.4 Å². The Kier molecular flexibility index (Phi) is 5.10. The van der Waals surface area contributed by atoms with Crippen molar-refractivity contribution in [3.63, 3.8) is 0 Å². The summed E-state index contributed by atoms with van der Waals surface area (Å²) < 4.78 is 54.2. The Morgan fingerprint density at radius 2 is 2.04 bits per heavy atom. The summed E-state index contributed by atoms with van der Waals surface area (Å²) in [5.74, 6) is -2.59. The first-order valence-electron chi connectivity index (χ1n) is 6.89. The third kappa shape index (κ3) is 4.34. The van der Waals surface area contributed by atoms with E-state index in [0.29, 0.717) is 4.90 Å². The predicted octanol–water partition coefficient (Wildman–Crippen LogP) is 1.77. The number of rotatable bonds is 4. The zero-order valence-electron chi connectivity index (χ0n) is 12.8. The monoisotopic (exact) mass is 360 g/mol. The topological polar surface area (TPSA) is 75.7 Å². The maximum Gasteiger partial charge on any atom is 0.461 e. The van der Waals surface area contributed by atoms with Gasteiger partial charge in [-0.3, -0.25) is 19.3 Å². The standard InChI is InChI=1S/C15H12F4N2O4/c1-8(22)21-7-12(23)20-11(13(21)24)6-9-3-2-4-10(5-9)25-15(18,19)14(16)17/h2-6,14H,7H2,1H3,(H,20,23). The summed E-state index contributed by atoms with van der Waals surface area (Å²) in [6.45, 7) is 0.671. The molecule has 0 aromatic heterocycles. The highest BCUT2D eigenvalue weighted by Gasteiger charge is 2.44. The molecule has 1 fully saturated rings. The number of benzene rings is 1. The molecule has 2 rings (SSSR count). The van der Waals surface area contributed by atoms with Crippen LogP contribution in [0.5, 0.6) is 5.75 Å². The lowest BCUT2D eigenvalue weighted by atomic mass is 10.1. The van der Waals surface area contributed by atoms with Crippen LogP contribution >= 0.6 is 0 Å². The maximum absolute atomic E-state index is 12.9. The number of nitrogens with one attached hydrogen (secondary N) is 1. The molecule has 1 aliphatic rings.